The van der Waals surface area contributed by atoms with Crippen LogP contribution in [0.15, 0.2) is 42.5 Å². The fourth-order valence-corrected chi connectivity index (χ4v) is 6.83. The number of H-pyrrole nitrogens is 1. The Morgan fingerprint density at radius 2 is 1.89 bits per heavy atom. The molecule has 6 N–H and O–H groups in total. The van der Waals surface area contributed by atoms with Gasteiger partial charge in [-0.05, 0) is 80.1 Å². The summed E-state index contributed by atoms with van der Waals surface area (Å²) in [6, 6.07) is 11.0. The number of nitrogen functional groups attached to an aromatic ring is 1. The fourth-order valence-electron chi connectivity index (χ4n) is 5.97. The van der Waals surface area contributed by atoms with E-state index in [1.54, 1.807) is 12.1 Å². The molecule has 44 heavy (non-hydrogen) atoms. The quantitative estimate of drug-likeness (QED) is 0.200. The molecule has 2 aliphatic rings. The van der Waals surface area contributed by atoms with E-state index in [2.05, 4.69) is 25.6 Å². The van der Waals surface area contributed by atoms with E-state index in [4.69, 9.17) is 22.1 Å². The minimum atomic E-state index is -3.69. The Kier molecular flexibility index (Phi) is 10.4. The van der Waals surface area contributed by atoms with Gasteiger partial charge in [-0.2, -0.15) is 5.10 Å². The summed E-state index contributed by atoms with van der Waals surface area (Å²) < 4.78 is 33.3. The van der Waals surface area contributed by atoms with Crippen LogP contribution in [0, 0.1) is 5.92 Å². The van der Waals surface area contributed by atoms with Gasteiger partial charge in [0.2, 0.25) is 21.8 Å². The van der Waals surface area contributed by atoms with Crippen molar-refractivity contribution in [2.24, 2.45) is 5.92 Å². The number of nitrogens with one attached hydrogen (secondary N) is 4. The largest absolute Gasteiger partial charge is 0.382 e. The van der Waals surface area contributed by atoms with Crippen LogP contribution in [0.4, 0.5) is 5.82 Å². The Morgan fingerprint density at radius 3 is 2.61 bits per heavy atom. The molecule has 0 spiro atoms. The van der Waals surface area contributed by atoms with Gasteiger partial charge < -0.3 is 26.0 Å². The number of hydrogen-bond donors (Lipinski definition) is 5. The molecule has 3 atom stereocenters. The highest BCUT2D eigenvalue weighted by atomic mass is 35.5. The van der Waals surface area contributed by atoms with Crippen LogP contribution in [0.1, 0.15) is 43.2 Å². The van der Waals surface area contributed by atoms with Crippen molar-refractivity contribution >= 4 is 50.2 Å². The summed E-state index contributed by atoms with van der Waals surface area (Å²) >= 11 is 6.01. The molecule has 0 bridgehead atoms. The van der Waals surface area contributed by atoms with Crippen molar-refractivity contribution < 1.29 is 22.7 Å². The average molecular weight is 646 g/mol. The molecule has 0 saturated carbocycles. The maximum Gasteiger partial charge on any atom is 0.243 e. The van der Waals surface area contributed by atoms with E-state index in [9.17, 15) is 18.0 Å². The zero-order chi connectivity index (χ0) is 31.3. The maximum atomic E-state index is 14.0. The molecule has 238 valence electrons. The highest BCUT2D eigenvalue weighted by Gasteiger charge is 2.42. The van der Waals surface area contributed by atoms with Gasteiger partial charge in [-0.25, -0.2) is 13.1 Å². The Labute approximate surface area is 262 Å². The predicted octanol–water partition coefficient (Wildman–Crippen LogP) is 2.30. The number of carbonyl (C=O) groups is 2. The van der Waals surface area contributed by atoms with Gasteiger partial charge in [0.25, 0.3) is 0 Å². The summed E-state index contributed by atoms with van der Waals surface area (Å²) in [6.45, 7) is 2.48. The number of nitrogens with zero attached hydrogens (tertiary/aromatic N) is 2. The monoisotopic (exact) mass is 645 g/mol. The Balaban J connectivity index is 1.31. The maximum absolute atomic E-state index is 14.0. The van der Waals surface area contributed by atoms with Gasteiger partial charge in [-0.1, -0.05) is 29.8 Å². The van der Waals surface area contributed by atoms with Crippen LogP contribution in [0.2, 0.25) is 5.02 Å². The number of piperidine rings is 1. The molecule has 5 rings (SSSR count). The standard InChI is InChI=1S/C30H40ClN7O5S/c1-44(41,42)37-26(9-4-19-10-12-33-13-11-19)30(40)38-17-23(43-18-20-2-6-22(31)7-3-20)15-27(38)29(39)34-16-21-5-8-25-24(14-21)28(32)36-35-25/h2-3,5-8,14,19,23,26-27,33,37H,4,9-13,15-18H2,1H3,(H,34,39)(H3,32,35,36)/t23-,26-,27+/m1/s1. The molecule has 0 unspecified atom stereocenters. The Hall–Kier alpha value is -3.23. The van der Waals surface area contributed by atoms with Crippen LogP contribution >= 0.6 is 11.6 Å². The van der Waals surface area contributed by atoms with Crippen LogP contribution in [-0.4, -0.2) is 79.4 Å². The SMILES string of the molecule is CS(=O)(=O)N[C@H](CCC1CCNCC1)C(=O)N1C[C@H](OCc2ccc(Cl)cc2)C[C@H]1C(=O)NCc1ccc2[nH]nc(N)c2c1. The third kappa shape index (κ3) is 8.48. The van der Waals surface area contributed by atoms with Crippen molar-refractivity contribution in [1.29, 1.82) is 0 Å². The average Bonchev–Trinajstić information content (AvgIpc) is 3.61. The molecule has 14 heteroatoms. The lowest BCUT2D eigenvalue weighted by atomic mass is 9.91. The molecular formula is C30H40ClN7O5S. The Bertz CT molecular complexity index is 1560. The molecule has 0 aliphatic carbocycles. The predicted molar refractivity (Wildman–Crippen MR) is 169 cm³/mol. The van der Waals surface area contributed by atoms with Crippen molar-refractivity contribution in [3.8, 4) is 0 Å². The summed E-state index contributed by atoms with van der Waals surface area (Å²) in [5.41, 5.74) is 8.47. The molecular weight excluding hydrogens is 606 g/mol. The van der Waals surface area contributed by atoms with E-state index < -0.39 is 34.1 Å². The summed E-state index contributed by atoms with van der Waals surface area (Å²) in [5, 5.41) is 14.5. The highest BCUT2D eigenvalue weighted by Crippen LogP contribution is 2.26. The van der Waals surface area contributed by atoms with Gasteiger partial charge in [0.05, 0.1) is 24.5 Å². The minimum absolute atomic E-state index is 0.164. The zero-order valence-corrected chi connectivity index (χ0v) is 26.3. The normalized spacial score (nSPS) is 20.2. The number of aromatic amines is 1. The van der Waals surface area contributed by atoms with E-state index in [0.29, 0.717) is 29.6 Å². The number of benzene rings is 2. The van der Waals surface area contributed by atoms with E-state index >= 15 is 0 Å². The van der Waals surface area contributed by atoms with Crippen molar-refractivity contribution in [3.05, 3.63) is 58.6 Å². The molecule has 2 aromatic carbocycles. The van der Waals surface area contributed by atoms with Crippen molar-refractivity contribution in [3.63, 3.8) is 0 Å². The first-order valence-corrected chi connectivity index (χ1v) is 17.2. The summed E-state index contributed by atoms with van der Waals surface area (Å²) in [4.78, 5) is 29.1. The molecule has 0 radical (unpaired) electrons. The van der Waals surface area contributed by atoms with Gasteiger partial charge in [0.1, 0.15) is 12.1 Å². The van der Waals surface area contributed by atoms with Crippen LogP contribution in [0.25, 0.3) is 10.9 Å². The molecule has 1 aromatic heterocycles. The third-order valence-electron chi connectivity index (χ3n) is 8.35. The van der Waals surface area contributed by atoms with Crippen molar-refractivity contribution in [2.45, 2.75) is 63.4 Å². The lowest BCUT2D eigenvalue weighted by molar-refractivity contribution is -0.140. The van der Waals surface area contributed by atoms with Crippen LogP contribution in [0.3, 0.4) is 0 Å². The second-order valence-electron chi connectivity index (χ2n) is 11.7. The van der Waals surface area contributed by atoms with E-state index in [-0.39, 0.29) is 32.0 Å². The van der Waals surface area contributed by atoms with Crippen LogP contribution in [0.5, 0.6) is 0 Å². The number of aromatic nitrogens is 2. The number of anilines is 1. The molecule has 3 aromatic rings. The molecule has 2 aliphatic heterocycles. The number of likely N-dealkylation sites (tertiary alicyclic amines) is 1. The number of hydrogen-bond acceptors (Lipinski definition) is 8. The summed E-state index contributed by atoms with van der Waals surface area (Å²) in [6.07, 6.45) is 3.92. The first kappa shape index (κ1) is 32.2. The number of sulfonamides is 1. The number of carbonyl (C=O) groups excluding carboxylic acids is 2. The number of rotatable bonds is 12. The number of fused-ring (bicyclic) bond motifs is 1. The molecule has 12 nitrogen and oxygen atoms in total. The number of amides is 2. The third-order valence-corrected chi connectivity index (χ3v) is 9.31. The first-order chi connectivity index (χ1) is 21.1. The molecule has 3 heterocycles. The zero-order valence-electron chi connectivity index (χ0n) is 24.7. The van der Waals surface area contributed by atoms with E-state index in [1.165, 1.54) is 4.90 Å². The van der Waals surface area contributed by atoms with Crippen LogP contribution < -0.4 is 21.1 Å². The second-order valence-corrected chi connectivity index (χ2v) is 13.9. The topological polar surface area (TPSA) is 172 Å². The number of ether oxygens (including phenoxy) is 1. The lowest BCUT2D eigenvalue weighted by Crippen LogP contribution is -2.53. The lowest BCUT2D eigenvalue weighted by Gasteiger charge is -2.30. The summed E-state index contributed by atoms with van der Waals surface area (Å²) in [5.74, 6) is 0.0142. The summed E-state index contributed by atoms with van der Waals surface area (Å²) in [7, 11) is -3.69. The van der Waals surface area contributed by atoms with Gasteiger partial charge in [-0.15, -0.1) is 0 Å². The minimum Gasteiger partial charge on any atom is -0.382 e. The highest BCUT2D eigenvalue weighted by molar-refractivity contribution is 7.88. The second kappa shape index (κ2) is 14.2. The number of nitrogens with two attached hydrogens (primary N) is 1. The van der Waals surface area contributed by atoms with Crippen molar-refractivity contribution in [2.75, 3.05) is 31.6 Å². The smallest absolute Gasteiger partial charge is 0.243 e. The van der Waals surface area contributed by atoms with E-state index in [1.807, 2.05) is 30.3 Å². The van der Waals surface area contributed by atoms with Crippen LogP contribution in [-0.2, 0) is 37.5 Å². The van der Waals surface area contributed by atoms with Gasteiger partial charge >= 0.3 is 0 Å². The van der Waals surface area contributed by atoms with Gasteiger partial charge in [-0.3, -0.25) is 14.7 Å². The number of halogens is 1. The van der Waals surface area contributed by atoms with Gasteiger partial charge in [0, 0.05) is 29.9 Å². The van der Waals surface area contributed by atoms with Gasteiger partial charge in [0.15, 0.2) is 5.82 Å². The molecule has 2 amide bonds. The van der Waals surface area contributed by atoms with Crippen molar-refractivity contribution in [1.82, 2.24) is 30.5 Å². The van der Waals surface area contributed by atoms with E-state index in [0.717, 1.165) is 54.2 Å². The first-order valence-electron chi connectivity index (χ1n) is 14.9. The molecule has 2 fully saturated rings. The fraction of sp³-hybridized carbons (Fsp3) is 0.500. The Morgan fingerprint density at radius 1 is 1.16 bits per heavy atom. The molecule has 2 saturated heterocycles.